The Labute approximate surface area is 218 Å². The molecule has 3 nitrogen and oxygen atoms in total. The fourth-order valence-corrected chi connectivity index (χ4v) is 4.36. The number of hydrogen-bond donors (Lipinski definition) is 0. The Morgan fingerprint density at radius 1 is 0.947 bits per heavy atom. The first-order valence-electron chi connectivity index (χ1n) is 11.3. The predicted octanol–water partition coefficient (Wildman–Crippen LogP) is 8.46. The van der Waals surface area contributed by atoms with Gasteiger partial charge in [0, 0.05) is 23.6 Å². The van der Waals surface area contributed by atoms with Crippen molar-refractivity contribution in [3.63, 3.8) is 0 Å². The zero-order valence-electron chi connectivity index (χ0n) is 19.6. The largest absolute Gasteiger partial charge is 0.501 e. The molecule has 1 saturated heterocycles. The maximum atomic E-state index is 14.9. The summed E-state index contributed by atoms with van der Waals surface area (Å²) in [5, 5.41) is -0.869. The van der Waals surface area contributed by atoms with Gasteiger partial charge < -0.3 is 14.2 Å². The van der Waals surface area contributed by atoms with Crippen LogP contribution in [0.25, 0.3) is 11.1 Å². The second kappa shape index (κ2) is 11.2. The van der Waals surface area contributed by atoms with Gasteiger partial charge in [0.15, 0.2) is 11.6 Å². The smallest absolute Gasteiger partial charge is 0.432 e. The maximum Gasteiger partial charge on any atom is 0.432 e. The van der Waals surface area contributed by atoms with Gasteiger partial charge in [-0.1, -0.05) is 30.3 Å². The van der Waals surface area contributed by atoms with Crippen molar-refractivity contribution in [3.8, 4) is 16.9 Å². The normalized spacial score (nSPS) is 17.8. The second-order valence-corrected chi connectivity index (χ2v) is 9.05. The lowest BCUT2D eigenvalue weighted by molar-refractivity contribution is -0.189. The zero-order chi connectivity index (χ0) is 27.6. The van der Waals surface area contributed by atoms with Crippen molar-refractivity contribution in [2.45, 2.75) is 25.1 Å². The molecule has 3 aromatic rings. The Bertz CT molecular complexity index is 1290. The van der Waals surface area contributed by atoms with Crippen LogP contribution in [-0.4, -0.2) is 13.2 Å². The molecular formula is C27H20ClF7O3. The minimum absolute atomic E-state index is 0.166. The van der Waals surface area contributed by atoms with E-state index < -0.39 is 57.6 Å². The van der Waals surface area contributed by atoms with E-state index in [0.29, 0.717) is 43.4 Å². The summed E-state index contributed by atoms with van der Waals surface area (Å²) in [5.41, 5.74) is -1.87. The van der Waals surface area contributed by atoms with E-state index in [4.69, 9.17) is 21.1 Å². The Morgan fingerprint density at radius 3 is 2.24 bits per heavy atom. The van der Waals surface area contributed by atoms with E-state index in [1.807, 2.05) is 0 Å². The molecule has 3 aromatic carbocycles. The molecule has 2 unspecified atom stereocenters. The highest BCUT2D eigenvalue weighted by Gasteiger charge is 2.41. The number of halogens is 8. The monoisotopic (exact) mass is 560 g/mol. The minimum Gasteiger partial charge on any atom is -0.501 e. The van der Waals surface area contributed by atoms with Crippen molar-refractivity contribution in [3.05, 3.63) is 101 Å². The molecule has 1 heterocycles. The van der Waals surface area contributed by atoms with Gasteiger partial charge in [-0.15, -0.1) is 0 Å². The van der Waals surface area contributed by atoms with Crippen LogP contribution in [0.15, 0.2) is 55.3 Å². The molecule has 0 bridgehead atoms. The molecule has 0 aromatic heterocycles. The Kier molecular flexibility index (Phi) is 8.22. The number of alkyl halides is 2. The third kappa shape index (κ3) is 5.91. The van der Waals surface area contributed by atoms with Crippen LogP contribution in [0, 0.1) is 35.0 Å². The second-order valence-electron chi connectivity index (χ2n) is 8.64. The number of benzene rings is 3. The first-order valence-corrected chi connectivity index (χ1v) is 11.7. The van der Waals surface area contributed by atoms with Crippen LogP contribution in [0.3, 0.4) is 0 Å². The third-order valence-electron chi connectivity index (χ3n) is 6.03. The SMILES string of the molecule is C=COCC1CCC(c2ccc(-c3cc(F)c(C(F)(F)Oc4cc(F)c(F)c(Cl)c4)c(F)c3)c(F)c2)OC1. The van der Waals surface area contributed by atoms with Crippen molar-refractivity contribution in [2.24, 2.45) is 5.92 Å². The molecule has 1 aliphatic rings. The van der Waals surface area contributed by atoms with Gasteiger partial charge in [-0.3, -0.25) is 0 Å². The minimum atomic E-state index is -4.64. The van der Waals surface area contributed by atoms with Gasteiger partial charge in [-0.05, 0) is 42.2 Å². The van der Waals surface area contributed by atoms with E-state index >= 15 is 0 Å². The van der Waals surface area contributed by atoms with Crippen LogP contribution < -0.4 is 4.74 Å². The number of ether oxygens (including phenoxy) is 3. The van der Waals surface area contributed by atoms with E-state index in [2.05, 4.69) is 11.3 Å². The lowest BCUT2D eigenvalue weighted by Gasteiger charge is -2.29. The summed E-state index contributed by atoms with van der Waals surface area (Å²) in [6, 6.07) is 5.78. The zero-order valence-corrected chi connectivity index (χ0v) is 20.3. The van der Waals surface area contributed by atoms with Crippen molar-refractivity contribution in [1.82, 2.24) is 0 Å². The lowest BCUT2D eigenvalue weighted by Crippen LogP contribution is -2.25. The highest BCUT2D eigenvalue weighted by Crippen LogP contribution is 2.39. The Balaban J connectivity index is 1.55. The Morgan fingerprint density at radius 2 is 1.66 bits per heavy atom. The molecule has 2 atom stereocenters. The van der Waals surface area contributed by atoms with Crippen LogP contribution in [0.1, 0.15) is 30.1 Å². The van der Waals surface area contributed by atoms with E-state index in [1.165, 1.54) is 18.4 Å². The van der Waals surface area contributed by atoms with Gasteiger partial charge >= 0.3 is 6.11 Å². The molecule has 0 radical (unpaired) electrons. The van der Waals surface area contributed by atoms with Crippen molar-refractivity contribution < 1.29 is 44.9 Å². The quantitative estimate of drug-likeness (QED) is 0.157. The van der Waals surface area contributed by atoms with Crippen LogP contribution >= 0.6 is 11.6 Å². The van der Waals surface area contributed by atoms with Crippen molar-refractivity contribution in [2.75, 3.05) is 13.2 Å². The summed E-state index contributed by atoms with van der Waals surface area (Å²) in [7, 11) is 0. The fraction of sp³-hybridized carbons (Fsp3) is 0.259. The standard InChI is InChI=1S/C27H20ClF7O3/c1-2-36-12-14-3-6-24(37-13-14)15-4-5-18(20(29)7-15)16-8-21(30)25(22(31)9-16)27(34,35)38-17-10-19(28)26(33)23(32)11-17/h2,4-5,7-11,14,24H,1,3,6,12-13H2. The number of hydrogen-bond acceptors (Lipinski definition) is 3. The van der Waals surface area contributed by atoms with Crippen molar-refractivity contribution >= 4 is 11.6 Å². The van der Waals surface area contributed by atoms with E-state index in [-0.39, 0.29) is 23.1 Å². The molecule has 38 heavy (non-hydrogen) atoms. The van der Waals surface area contributed by atoms with E-state index in [0.717, 1.165) is 12.5 Å². The van der Waals surface area contributed by atoms with Gasteiger partial charge in [0.05, 0.1) is 30.6 Å². The molecule has 0 saturated carbocycles. The summed E-state index contributed by atoms with van der Waals surface area (Å²) >= 11 is 5.41. The molecule has 1 aliphatic heterocycles. The molecule has 0 aliphatic carbocycles. The first kappa shape index (κ1) is 27.8. The van der Waals surface area contributed by atoms with E-state index in [1.54, 1.807) is 0 Å². The lowest BCUT2D eigenvalue weighted by atomic mass is 9.93. The summed E-state index contributed by atoms with van der Waals surface area (Å²) in [6.07, 6.45) is -2.33. The molecule has 0 amide bonds. The number of rotatable bonds is 8. The molecule has 4 rings (SSSR count). The predicted molar refractivity (Wildman–Crippen MR) is 125 cm³/mol. The highest BCUT2D eigenvalue weighted by molar-refractivity contribution is 6.30. The van der Waals surface area contributed by atoms with Gasteiger partial charge in [0.1, 0.15) is 28.8 Å². The van der Waals surface area contributed by atoms with Crippen molar-refractivity contribution in [1.29, 1.82) is 0 Å². The summed E-state index contributed by atoms with van der Waals surface area (Å²) < 4.78 is 116. The van der Waals surface area contributed by atoms with Gasteiger partial charge in [0.25, 0.3) is 0 Å². The molecule has 0 N–H and O–H groups in total. The topological polar surface area (TPSA) is 27.7 Å². The van der Waals surface area contributed by atoms with E-state index in [9.17, 15) is 30.7 Å². The van der Waals surface area contributed by atoms with Gasteiger partial charge in [-0.25, -0.2) is 22.0 Å². The molecule has 0 spiro atoms. The molecular weight excluding hydrogens is 541 g/mol. The molecule has 11 heteroatoms. The average molecular weight is 561 g/mol. The van der Waals surface area contributed by atoms with Gasteiger partial charge in [-0.2, -0.15) is 8.78 Å². The highest BCUT2D eigenvalue weighted by atomic mass is 35.5. The van der Waals surface area contributed by atoms with Crippen LogP contribution in [0.4, 0.5) is 30.7 Å². The fourth-order valence-electron chi connectivity index (χ4n) is 4.17. The summed E-state index contributed by atoms with van der Waals surface area (Å²) in [5.74, 6) is -8.23. The summed E-state index contributed by atoms with van der Waals surface area (Å²) in [4.78, 5) is 0. The maximum absolute atomic E-state index is 14.9. The average Bonchev–Trinajstić information content (AvgIpc) is 2.85. The summed E-state index contributed by atoms with van der Waals surface area (Å²) in [6.45, 7) is 4.33. The van der Waals surface area contributed by atoms with Crippen LogP contribution in [0.2, 0.25) is 5.02 Å². The third-order valence-corrected chi connectivity index (χ3v) is 6.31. The molecule has 202 valence electrons. The van der Waals surface area contributed by atoms with Crippen LogP contribution in [-0.2, 0) is 15.6 Å². The van der Waals surface area contributed by atoms with Gasteiger partial charge in [0.2, 0.25) is 0 Å². The molecule has 1 fully saturated rings. The van der Waals surface area contributed by atoms with Crippen LogP contribution in [0.5, 0.6) is 5.75 Å². The Hall–Kier alpha value is -3.24. The first-order chi connectivity index (χ1) is 18.0.